The van der Waals surface area contributed by atoms with E-state index in [2.05, 4.69) is 62.2 Å². The molecule has 0 N–H and O–H groups in total. The second-order valence-corrected chi connectivity index (χ2v) is 5.13. The molecule has 2 aromatic rings. The van der Waals surface area contributed by atoms with Crippen LogP contribution in [0.4, 0.5) is 0 Å². The van der Waals surface area contributed by atoms with Gasteiger partial charge in [0, 0.05) is 0 Å². The van der Waals surface area contributed by atoms with Crippen molar-refractivity contribution in [2.75, 3.05) is 0 Å². The molecule has 0 fully saturated rings. The maximum Gasteiger partial charge on any atom is -0.00938 e. The third-order valence-electron chi connectivity index (χ3n) is 3.53. The Hall–Kier alpha value is -2.34. The molecule has 0 radical (unpaired) electrons. The van der Waals surface area contributed by atoms with Crippen LogP contribution in [0.5, 0.6) is 0 Å². The average molecular weight is 274 g/mol. The first-order valence-corrected chi connectivity index (χ1v) is 7.33. The van der Waals surface area contributed by atoms with E-state index in [1.54, 1.807) is 0 Å². The van der Waals surface area contributed by atoms with Gasteiger partial charge in [-0.25, -0.2) is 0 Å². The van der Waals surface area contributed by atoms with Gasteiger partial charge in [0.2, 0.25) is 0 Å². The molecule has 0 spiro atoms. The summed E-state index contributed by atoms with van der Waals surface area (Å²) in [6.07, 6.45) is 8.53. The van der Waals surface area contributed by atoms with Crippen molar-refractivity contribution in [3.8, 4) is 11.1 Å². The largest absolute Gasteiger partial charge is 0.103 e. The van der Waals surface area contributed by atoms with Crippen LogP contribution >= 0.6 is 0 Å². The molecular formula is C21H22. The van der Waals surface area contributed by atoms with Crippen LogP contribution in [0, 0.1) is 0 Å². The topological polar surface area (TPSA) is 0 Å². The Balaban J connectivity index is 2.65. The Morgan fingerprint density at radius 2 is 1.24 bits per heavy atom. The van der Waals surface area contributed by atoms with E-state index >= 15 is 0 Å². The highest BCUT2D eigenvalue weighted by molar-refractivity contribution is 5.72. The molecule has 0 saturated heterocycles. The van der Waals surface area contributed by atoms with Gasteiger partial charge in [0.15, 0.2) is 0 Å². The van der Waals surface area contributed by atoms with Gasteiger partial charge in [-0.1, -0.05) is 60.7 Å². The fourth-order valence-corrected chi connectivity index (χ4v) is 2.73. The molecule has 0 atom stereocenters. The lowest BCUT2D eigenvalue weighted by Gasteiger charge is -2.16. The Kier molecular flexibility index (Phi) is 5.34. The summed E-state index contributed by atoms with van der Waals surface area (Å²) < 4.78 is 0. The maximum atomic E-state index is 3.90. The molecule has 0 amide bonds. The van der Waals surface area contributed by atoms with E-state index in [0.29, 0.717) is 0 Å². The fraction of sp³-hybridized carbons (Fsp3) is 0.143. The van der Waals surface area contributed by atoms with Crippen LogP contribution in [0.2, 0.25) is 0 Å². The molecule has 0 heterocycles. The van der Waals surface area contributed by atoms with E-state index < -0.39 is 0 Å². The van der Waals surface area contributed by atoms with Gasteiger partial charge in [-0.15, -0.1) is 19.7 Å². The highest BCUT2D eigenvalue weighted by Gasteiger charge is 2.11. The van der Waals surface area contributed by atoms with E-state index in [-0.39, 0.29) is 0 Å². The van der Waals surface area contributed by atoms with E-state index in [4.69, 9.17) is 0 Å². The van der Waals surface area contributed by atoms with Crippen molar-refractivity contribution in [2.24, 2.45) is 0 Å². The smallest absolute Gasteiger partial charge is 0.00938 e. The Bertz CT molecular complexity index is 601. The molecule has 21 heavy (non-hydrogen) atoms. The molecule has 0 saturated carbocycles. The van der Waals surface area contributed by atoms with Gasteiger partial charge < -0.3 is 0 Å². The number of hydrogen-bond acceptors (Lipinski definition) is 0. The highest BCUT2D eigenvalue weighted by atomic mass is 14.2. The zero-order valence-corrected chi connectivity index (χ0v) is 12.5. The average Bonchev–Trinajstić information content (AvgIpc) is 2.49. The Labute approximate surface area is 128 Å². The van der Waals surface area contributed by atoms with Crippen LogP contribution in [-0.2, 0) is 19.3 Å². The number of benzene rings is 2. The summed E-state index contributed by atoms with van der Waals surface area (Å²) in [5.74, 6) is 0. The number of rotatable bonds is 7. The lowest BCUT2D eigenvalue weighted by molar-refractivity contribution is 1.15. The summed E-state index contributed by atoms with van der Waals surface area (Å²) in [4.78, 5) is 0. The number of hydrogen-bond donors (Lipinski definition) is 0. The molecule has 106 valence electrons. The van der Waals surface area contributed by atoms with Gasteiger partial charge in [0.25, 0.3) is 0 Å². The van der Waals surface area contributed by atoms with E-state index in [1.807, 2.05) is 18.2 Å². The summed E-state index contributed by atoms with van der Waals surface area (Å²) in [5, 5.41) is 0. The number of allylic oxidation sites excluding steroid dienone is 3. The van der Waals surface area contributed by atoms with Crippen molar-refractivity contribution < 1.29 is 0 Å². The van der Waals surface area contributed by atoms with Gasteiger partial charge in [-0.05, 0) is 47.1 Å². The third-order valence-corrected chi connectivity index (χ3v) is 3.53. The van der Waals surface area contributed by atoms with Crippen molar-refractivity contribution in [3.05, 3.63) is 97.1 Å². The fourth-order valence-electron chi connectivity index (χ4n) is 2.73. The van der Waals surface area contributed by atoms with Crippen LogP contribution in [0.15, 0.2) is 80.4 Å². The molecule has 0 aliphatic carbocycles. The van der Waals surface area contributed by atoms with Crippen LogP contribution in [0.3, 0.4) is 0 Å². The van der Waals surface area contributed by atoms with E-state index in [0.717, 1.165) is 19.3 Å². The molecule has 0 aromatic heterocycles. The van der Waals surface area contributed by atoms with Crippen molar-refractivity contribution in [1.82, 2.24) is 0 Å². The molecular weight excluding hydrogens is 252 g/mol. The van der Waals surface area contributed by atoms with Gasteiger partial charge in [0.1, 0.15) is 0 Å². The summed E-state index contributed by atoms with van der Waals surface area (Å²) >= 11 is 0. The molecule has 0 aliphatic heterocycles. The molecule has 0 aliphatic rings. The predicted octanol–water partition coefficient (Wildman–Crippen LogP) is 5.54. The zero-order chi connectivity index (χ0) is 15.1. The molecule has 0 bridgehead atoms. The lowest BCUT2D eigenvalue weighted by atomic mass is 9.88. The second-order valence-electron chi connectivity index (χ2n) is 5.13. The summed E-state index contributed by atoms with van der Waals surface area (Å²) in [6, 6.07) is 15.1. The van der Waals surface area contributed by atoms with Gasteiger partial charge >= 0.3 is 0 Å². The van der Waals surface area contributed by atoms with Crippen LogP contribution in [0.25, 0.3) is 11.1 Å². The van der Waals surface area contributed by atoms with E-state index in [1.165, 1.54) is 27.8 Å². The molecule has 0 nitrogen and oxygen atoms in total. The van der Waals surface area contributed by atoms with E-state index in [9.17, 15) is 0 Å². The quantitative estimate of drug-likeness (QED) is 0.582. The van der Waals surface area contributed by atoms with Gasteiger partial charge in [-0.3, -0.25) is 0 Å². The minimum Gasteiger partial charge on any atom is -0.103 e. The van der Waals surface area contributed by atoms with Gasteiger partial charge in [0.05, 0.1) is 0 Å². The molecule has 2 aromatic carbocycles. The molecule has 0 heteroatoms. The minimum atomic E-state index is 0.874. The van der Waals surface area contributed by atoms with Crippen molar-refractivity contribution >= 4 is 0 Å². The van der Waals surface area contributed by atoms with Crippen LogP contribution < -0.4 is 0 Å². The second kappa shape index (κ2) is 7.44. The van der Waals surface area contributed by atoms with Gasteiger partial charge in [-0.2, -0.15) is 0 Å². The van der Waals surface area contributed by atoms with Crippen LogP contribution in [-0.4, -0.2) is 0 Å². The predicted molar refractivity (Wildman–Crippen MR) is 93.6 cm³/mol. The summed E-state index contributed by atoms with van der Waals surface area (Å²) in [7, 11) is 0. The zero-order valence-electron chi connectivity index (χ0n) is 12.5. The third kappa shape index (κ3) is 3.61. The normalized spacial score (nSPS) is 10.1. The standard InChI is InChI=1S/C21H22/c1-4-10-17-15-19(11-5-2)21(20(16-17)12-6-3)18-13-8-7-9-14-18/h4-9,13-16H,1-3,10-12H2. The lowest BCUT2D eigenvalue weighted by Crippen LogP contribution is -1.98. The minimum absolute atomic E-state index is 0.874. The first kappa shape index (κ1) is 15.1. The molecule has 0 unspecified atom stereocenters. The molecule has 2 rings (SSSR count). The Morgan fingerprint density at radius 3 is 1.71 bits per heavy atom. The SMILES string of the molecule is C=CCc1cc(CC=C)c(-c2ccccc2)c(CC=C)c1. The monoisotopic (exact) mass is 274 g/mol. The van der Waals surface area contributed by atoms with Crippen LogP contribution in [0.1, 0.15) is 16.7 Å². The van der Waals surface area contributed by atoms with Crippen molar-refractivity contribution in [3.63, 3.8) is 0 Å². The maximum absolute atomic E-state index is 3.90. The Morgan fingerprint density at radius 1 is 0.714 bits per heavy atom. The first-order valence-electron chi connectivity index (χ1n) is 7.33. The van der Waals surface area contributed by atoms with Crippen molar-refractivity contribution in [2.45, 2.75) is 19.3 Å². The summed E-state index contributed by atoms with van der Waals surface area (Å²) in [5.41, 5.74) is 6.54. The first-order chi connectivity index (χ1) is 10.3. The van der Waals surface area contributed by atoms with Crippen molar-refractivity contribution in [1.29, 1.82) is 0 Å². The summed E-state index contributed by atoms with van der Waals surface area (Å²) in [6.45, 7) is 11.7. The highest BCUT2D eigenvalue weighted by Crippen LogP contribution is 2.30.